The number of benzene rings is 10. The monoisotopic (exact) mass is 831 g/mol. The Hall–Kier alpha value is -8.20. The van der Waals surface area contributed by atoms with Gasteiger partial charge in [0.05, 0.1) is 0 Å². The van der Waals surface area contributed by atoms with Crippen LogP contribution in [0.1, 0.15) is 25.0 Å². The lowest BCUT2D eigenvalue weighted by molar-refractivity contribution is 0.660. The third-order valence-corrected chi connectivity index (χ3v) is 13.5. The van der Waals surface area contributed by atoms with Crippen LogP contribution in [0.15, 0.2) is 241 Å². The zero-order chi connectivity index (χ0) is 43.5. The van der Waals surface area contributed by atoms with Gasteiger partial charge in [0.2, 0.25) is 0 Å². The van der Waals surface area contributed by atoms with E-state index in [1.54, 1.807) is 0 Å². The Balaban J connectivity index is 0.920. The van der Waals surface area contributed by atoms with Crippen molar-refractivity contribution in [2.45, 2.75) is 19.3 Å². The molecule has 0 bridgehead atoms. The van der Waals surface area contributed by atoms with Gasteiger partial charge in [0, 0.05) is 33.2 Å². The van der Waals surface area contributed by atoms with Crippen molar-refractivity contribution >= 4 is 39.0 Å². The lowest BCUT2D eigenvalue weighted by Gasteiger charge is -2.28. The number of furan rings is 1. The highest BCUT2D eigenvalue weighted by molar-refractivity contribution is 6.06. The van der Waals surface area contributed by atoms with Crippen LogP contribution in [0.2, 0.25) is 0 Å². The van der Waals surface area contributed by atoms with E-state index < -0.39 is 0 Å². The Morgan fingerprint density at radius 3 is 1.28 bits per heavy atom. The molecule has 2 heteroatoms. The van der Waals surface area contributed by atoms with Crippen molar-refractivity contribution in [1.29, 1.82) is 0 Å². The highest BCUT2D eigenvalue weighted by atomic mass is 16.3. The molecule has 12 rings (SSSR count). The first-order chi connectivity index (χ1) is 31.9. The molecule has 11 aromatic rings. The minimum absolute atomic E-state index is 0.226. The summed E-state index contributed by atoms with van der Waals surface area (Å²) in [4.78, 5) is 2.41. The fourth-order valence-corrected chi connectivity index (χ4v) is 10.0. The van der Waals surface area contributed by atoms with E-state index in [0.29, 0.717) is 0 Å². The third-order valence-electron chi connectivity index (χ3n) is 13.5. The van der Waals surface area contributed by atoms with Crippen LogP contribution in [0.25, 0.3) is 88.7 Å². The average Bonchev–Trinajstić information content (AvgIpc) is 3.85. The number of hydrogen-bond donors (Lipinski definition) is 0. The first-order valence-electron chi connectivity index (χ1n) is 22.5. The van der Waals surface area contributed by atoms with Gasteiger partial charge < -0.3 is 9.32 Å². The fourth-order valence-electron chi connectivity index (χ4n) is 10.0. The van der Waals surface area contributed by atoms with Crippen molar-refractivity contribution < 1.29 is 4.42 Å². The summed E-state index contributed by atoms with van der Waals surface area (Å²) in [6.45, 7) is 4.75. The van der Waals surface area contributed by atoms with Gasteiger partial charge in [-0.3, -0.25) is 0 Å². The van der Waals surface area contributed by atoms with Gasteiger partial charge in [-0.05, 0) is 151 Å². The van der Waals surface area contributed by atoms with Crippen LogP contribution >= 0.6 is 0 Å². The van der Waals surface area contributed by atoms with Gasteiger partial charge in [0.1, 0.15) is 11.2 Å². The second-order valence-corrected chi connectivity index (χ2v) is 17.7. The maximum absolute atomic E-state index is 6.17. The molecule has 0 amide bonds. The van der Waals surface area contributed by atoms with Crippen LogP contribution in [0.5, 0.6) is 0 Å². The molecule has 1 heterocycles. The van der Waals surface area contributed by atoms with Crippen LogP contribution in [-0.2, 0) is 5.41 Å². The van der Waals surface area contributed by atoms with E-state index in [9.17, 15) is 0 Å². The summed E-state index contributed by atoms with van der Waals surface area (Å²) in [5.74, 6) is 0. The van der Waals surface area contributed by atoms with E-state index in [2.05, 4.69) is 243 Å². The number of fused-ring (bicyclic) bond motifs is 6. The van der Waals surface area contributed by atoms with E-state index in [4.69, 9.17) is 4.42 Å². The van der Waals surface area contributed by atoms with Crippen LogP contribution in [0, 0.1) is 0 Å². The number of para-hydroxylation sites is 1. The van der Waals surface area contributed by atoms with Crippen molar-refractivity contribution in [3.8, 4) is 66.8 Å². The maximum Gasteiger partial charge on any atom is 0.135 e. The molecule has 0 spiro atoms. The summed E-state index contributed by atoms with van der Waals surface area (Å²) in [6, 6.07) is 85.9. The predicted molar refractivity (Wildman–Crippen MR) is 273 cm³/mol. The zero-order valence-electron chi connectivity index (χ0n) is 36.4. The minimum atomic E-state index is -0.226. The molecule has 65 heavy (non-hydrogen) atoms. The predicted octanol–water partition coefficient (Wildman–Crippen LogP) is 17.7. The first-order valence-corrected chi connectivity index (χ1v) is 22.5. The van der Waals surface area contributed by atoms with Gasteiger partial charge in [0.25, 0.3) is 0 Å². The summed E-state index contributed by atoms with van der Waals surface area (Å²) < 4.78 is 6.17. The Morgan fingerprint density at radius 1 is 0.292 bits per heavy atom. The van der Waals surface area contributed by atoms with Gasteiger partial charge in [-0.1, -0.05) is 178 Å². The number of anilines is 3. The van der Waals surface area contributed by atoms with Gasteiger partial charge in [0.15, 0.2) is 0 Å². The van der Waals surface area contributed by atoms with Gasteiger partial charge in [-0.25, -0.2) is 0 Å². The van der Waals surface area contributed by atoms with Crippen molar-refractivity contribution in [3.63, 3.8) is 0 Å². The molecule has 0 aliphatic heterocycles. The number of rotatable bonds is 8. The van der Waals surface area contributed by atoms with E-state index in [1.807, 2.05) is 12.1 Å². The second-order valence-electron chi connectivity index (χ2n) is 17.7. The average molecular weight is 832 g/mol. The standard InChI is InChI=1S/C63H45NO/c1-63(2)59-40-51(50-28-36-62-58(39-50)57-21-9-10-22-61(57)65-62)27-34-55(59)56-35-33-54(41-60(56)63)64(52-29-23-44(24-30-52)48-19-11-17-46(37-48)42-13-5-3-6-14-42)53-31-25-45(26-32-53)49-20-12-18-47(38-49)43-15-7-4-8-16-43/h3-41H,1-2H3. The van der Waals surface area contributed by atoms with Crippen LogP contribution < -0.4 is 4.90 Å². The zero-order valence-corrected chi connectivity index (χ0v) is 36.4. The largest absolute Gasteiger partial charge is 0.456 e. The highest BCUT2D eigenvalue weighted by Crippen LogP contribution is 2.52. The summed E-state index contributed by atoms with van der Waals surface area (Å²) in [5.41, 5.74) is 22.2. The van der Waals surface area contributed by atoms with Gasteiger partial charge in [-0.15, -0.1) is 0 Å². The Kier molecular flexibility index (Phi) is 9.21. The van der Waals surface area contributed by atoms with Crippen LogP contribution in [0.3, 0.4) is 0 Å². The first kappa shape index (κ1) is 38.5. The Labute approximate surface area is 380 Å². The molecule has 0 saturated heterocycles. The topological polar surface area (TPSA) is 16.4 Å². The summed E-state index contributed by atoms with van der Waals surface area (Å²) in [7, 11) is 0. The lowest BCUT2D eigenvalue weighted by atomic mass is 9.81. The summed E-state index contributed by atoms with van der Waals surface area (Å²) in [6.07, 6.45) is 0. The Bertz CT molecular complexity index is 3420. The van der Waals surface area contributed by atoms with E-state index in [1.165, 1.54) is 77.9 Å². The Morgan fingerprint density at radius 2 is 0.692 bits per heavy atom. The fraction of sp³-hybridized carbons (Fsp3) is 0.0476. The van der Waals surface area contributed by atoms with Crippen molar-refractivity contribution in [1.82, 2.24) is 0 Å². The van der Waals surface area contributed by atoms with Crippen molar-refractivity contribution in [3.05, 3.63) is 248 Å². The molecule has 1 aromatic heterocycles. The molecule has 2 nitrogen and oxygen atoms in total. The minimum Gasteiger partial charge on any atom is -0.456 e. The van der Waals surface area contributed by atoms with Gasteiger partial charge in [-0.2, -0.15) is 0 Å². The molecule has 308 valence electrons. The van der Waals surface area contributed by atoms with E-state index in [-0.39, 0.29) is 5.41 Å². The molecule has 0 unspecified atom stereocenters. The number of hydrogen-bond acceptors (Lipinski definition) is 2. The molecule has 0 radical (unpaired) electrons. The van der Waals surface area contributed by atoms with Crippen LogP contribution in [-0.4, -0.2) is 0 Å². The SMILES string of the molecule is CC1(C)c2cc(-c3ccc4oc5ccccc5c4c3)ccc2-c2ccc(N(c3ccc(-c4cccc(-c5ccccc5)c4)cc3)c3ccc(-c4cccc(-c5ccccc5)c4)cc3)cc21. The molecule has 1 aliphatic carbocycles. The highest BCUT2D eigenvalue weighted by Gasteiger charge is 2.36. The normalized spacial score (nSPS) is 12.6. The van der Waals surface area contributed by atoms with Crippen molar-refractivity contribution in [2.24, 2.45) is 0 Å². The quantitative estimate of drug-likeness (QED) is 0.152. The van der Waals surface area contributed by atoms with Crippen molar-refractivity contribution in [2.75, 3.05) is 4.90 Å². The molecule has 10 aromatic carbocycles. The number of nitrogens with zero attached hydrogens (tertiary/aromatic N) is 1. The van der Waals surface area contributed by atoms with Gasteiger partial charge >= 0.3 is 0 Å². The molecule has 1 aliphatic rings. The third kappa shape index (κ3) is 6.83. The smallest absolute Gasteiger partial charge is 0.135 e. The van der Waals surface area contributed by atoms with E-state index in [0.717, 1.165) is 39.0 Å². The summed E-state index contributed by atoms with van der Waals surface area (Å²) >= 11 is 0. The second kappa shape index (κ2) is 15.6. The molecular formula is C63H45NO. The molecular weight excluding hydrogens is 787 g/mol. The molecule has 0 N–H and O–H groups in total. The van der Waals surface area contributed by atoms with E-state index >= 15 is 0 Å². The van der Waals surface area contributed by atoms with Crippen LogP contribution in [0.4, 0.5) is 17.1 Å². The maximum atomic E-state index is 6.17. The molecule has 0 saturated carbocycles. The summed E-state index contributed by atoms with van der Waals surface area (Å²) in [5, 5.41) is 2.29. The molecule has 0 atom stereocenters. The molecule has 0 fully saturated rings. The lowest BCUT2D eigenvalue weighted by Crippen LogP contribution is -2.16.